The Hall–Kier alpha value is -1.30. The first-order chi connectivity index (χ1) is 9.55. The van der Waals surface area contributed by atoms with Crippen LogP contribution in [0.25, 0.3) is 0 Å². The number of amides is 2. The predicted octanol–water partition coefficient (Wildman–Crippen LogP) is 1.98. The van der Waals surface area contributed by atoms with E-state index < -0.39 is 22.7 Å². The summed E-state index contributed by atoms with van der Waals surface area (Å²) in [4.78, 5) is 25.7. The molecule has 120 valence electrons. The number of hydrogen-bond acceptors (Lipinski definition) is 3. The fourth-order valence-electron chi connectivity index (χ4n) is 3.59. The lowest BCUT2D eigenvalue weighted by Gasteiger charge is -2.47. The van der Waals surface area contributed by atoms with Gasteiger partial charge in [0.15, 0.2) is 0 Å². The van der Waals surface area contributed by atoms with Gasteiger partial charge in [0.25, 0.3) is 0 Å². The van der Waals surface area contributed by atoms with Crippen LogP contribution in [0.15, 0.2) is 0 Å². The highest BCUT2D eigenvalue weighted by Gasteiger charge is 2.46. The van der Waals surface area contributed by atoms with E-state index >= 15 is 0 Å². The van der Waals surface area contributed by atoms with E-state index in [1.807, 2.05) is 27.7 Å². The van der Waals surface area contributed by atoms with E-state index in [1.54, 1.807) is 4.90 Å². The minimum absolute atomic E-state index is 0.302. The monoisotopic (exact) mass is 298 g/mol. The number of morpholine rings is 1. The molecular formula is C15H26N2O4. The van der Waals surface area contributed by atoms with E-state index in [9.17, 15) is 14.7 Å². The van der Waals surface area contributed by atoms with Gasteiger partial charge in [-0.15, -0.1) is 0 Å². The molecule has 2 N–H and O–H groups in total. The second-order valence-corrected chi connectivity index (χ2v) is 7.50. The van der Waals surface area contributed by atoms with E-state index in [0.29, 0.717) is 25.9 Å². The lowest BCUT2D eigenvalue weighted by Crippen LogP contribution is -2.63. The molecule has 2 rings (SSSR count). The highest BCUT2D eigenvalue weighted by molar-refractivity contribution is 5.86. The normalized spacial score (nSPS) is 26.4. The number of ether oxygens (including phenoxy) is 1. The van der Waals surface area contributed by atoms with Crippen LogP contribution in [0.4, 0.5) is 4.79 Å². The summed E-state index contributed by atoms with van der Waals surface area (Å²) in [5, 5.41) is 12.2. The number of rotatable bonds is 2. The van der Waals surface area contributed by atoms with E-state index in [2.05, 4.69) is 5.32 Å². The topological polar surface area (TPSA) is 78.9 Å². The molecule has 0 aromatic rings. The van der Waals surface area contributed by atoms with Gasteiger partial charge in [0.2, 0.25) is 0 Å². The molecule has 0 atom stereocenters. The zero-order chi connectivity index (χ0) is 15.9. The molecule has 2 amide bonds. The van der Waals surface area contributed by atoms with Crippen LogP contribution in [0.1, 0.15) is 53.4 Å². The lowest BCUT2D eigenvalue weighted by molar-refractivity contribution is -0.170. The molecule has 0 aromatic heterocycles. The van der Waals surface area contributed by atoms with Gasteiger partial charge in [0.1, 0.15) is 5.54 Å². The smallest absolute Gasteiger partial charge is 0.329 e. The zero-order valence-corrected chi connectivity index (χ0v) is 13.4. The quantitative estimate of drug-likeness (QED) is 0.817. The fraction of sp³-hybridized carbons (Fsp3) is 0.867. The van der Waals surface area contributed by atoms with Crippen molar-refractivity contribution in [3.63, 3.8) is 0 Å². The molecule has 6 nitrogen and oxygen atoms in total. The first-order valence-corrected chi connectivity index (χ1v) is 7.56. The summed E-state index contributed by atoms with van der Waals surface area (Å²) in [6.45, 7) is 8.68. The summed E-state index contributed by atoms with van der Waals surface area (Å²) in [5.74, 6) is -0.930. The van der Waals surface area contributed by atoms with Gasteiger partial charge in [0.05, 0.1) is 24.3 Å². The Morgan fingerprint density at radius 2 is 1.52 bits per heavy atom. The summed E-state index contributed by atoms with van der Waals surface area (Å²) in [5.41, 5.74) is -1.97. The number of nitrogens with one attached hydrogen (secondary N) is 1. The number of carbonyl (C=O) groups is 2. The molecule has 1 aliphatic heterocycles. The van der Waals surface area contributed by atoms with Crippen molar-refractivity contribution in [1.29, 1.82) is 0 Å². The van der Waals surface area contributed by atoms with Gasteiger partial charge in [-0.1, -0.05) is 12.8 Å². The average Bonchev–Trinajstić information content (AvgIpc) is 2.74. The molecular weight excluding hydrogens is 272 g/mol. The molecule has 1 aliphatic carbocycles. The molecule has 0 spiro atoms. The van der Waals surface area contributed by atoms with Crippen LogP contribution in [0.2, 0.25) is 0 Å². The second-order valence-electron chi connectivity index (χ2n) is 7.50. The predicted molar refractivity (Wildman–Crippen MR) is 78.2 cm³/mol. The molecule has 0 bridgehead atoms. The summed E-state index contributed by atoms with van der Waals surface area (Å²) >= 11 is 0. The molecule has 2 aliphatic rings. The number of aliphatic carboxylic acids is 1. The van der Waals surface area contributed by atoms with E-state index in [0.717, 1.165) is 12.8 Å². The summed E-state index contributed by atoms with van der Waals surface area (Å²) in [6.07, 6.45) is 2.69. The van der Waals surface area contributed by atoms with Crippen LogP contribution < -0.4 is 5.32 Å². The Morgan fingerprint density at radius 3 is 1.95 bits per heavy atom. The summed E-state index contributed by atoms with van der Waals surface area (Å²) in [6, 6.07) is -0.302. The first-order valence-electron chi connectivity index (χ1n) is 7.56. The maximum Gasteiger partial charge on any atom is 0.329 e. The van der Waals surface area contributed by atoms with Crippen molar-refractivity contribution in [1.82, 2.24) is 10.2 Å². The average molecular weight is 298 g/mol. The highest BCUT2D eigenvalue weighted by Crippen LogP contribution is 2.32. The Kier molecular flexibility index (Phi) is 3.95. The first kappa shape index (κ1) is 16.1. The van der Waals surface area contributed by atoms with Gasteiger partial charge in [-0.3, -0.25) is 0 Å². The third-order valence-electron chi connectivity index (χ3n) is 4.20. The van der Waals surface area contributed by atoms with Crippen molar-refractivity contribution in [3.8, 4) is 0 Å². The number of nitrogens with zero attached hydrogens (tertiary/aromatic N) is 1. The lowest BCUT2D eigenvalue weighted by atomic mass is 9.97. The van der Waals surface area contributed by atoms with Crippen molar-refractivity contribution in [3.05, 3.63) is 0 Å². The van der Waals surface area contributed by atoms with Gasteiger partial charge < -0.3 is 20.1 Å². The van der Waals surface area contributed by atoms with Gasteiger partial charge in [0, 0.05) is 0 Å². The van der Waals surface area contributed by atoms with E-state index in [1.165, 1.54) is 0 Å². The van der Waals surface area contributed by atoms with Crippen molar-refractivity contribution in [2.45, 2.75) is 70.1 Å². The molecule has 0 unspecified atom stereocenters. The zero-order valence-electron chi connectivity index (χ0n) is 13.4. The molecule has 6 heteroatoms. The molecule has 0 aromatic carbocycles. The Balaban J connectivity index is 2.11. The summed E-state index contributed by atoms with van der Waals surface area (Å²) in [7, 11) is 0. The number of urea groups is 1. The maximum atomic E-state index is 12.5. The van der Waals surface area contributed by atoms with Crippen molar-refractivity contribution < 1.29 is 19.4 Å². The van der Waals surface area contributed by atoms with Crippen LogP contribution in [-0.2, 0) is 9.53 Å². The second kappa shape index (κ2) is 5.16. The maximum absolute atomic E-state index is 12.5. The largest absolute Gasteiger partial charge is 0.480 e. The molecule has 1 saturated heterocycles. The standard InChI is InChI=1S/C15H26N2O4/c1-13(2)9-17(10-14(3,4)21-13)12(20)16-15(11(18)19)7-5-6-8-15/h5-10H2,1-4H3,(H,16,20)(H,18,19). The van der Waals surface area contributed by atoms with Crippen molar-refractivity contribution in [2.75, 3.05) is 13.1 Å². The Labute approximate surface area is 125 Å². The van der Waals surface area contributed by atoms with Gasteiger partial charge in [-0.05, 0) is 40.5 Å². The number of carbonyl (C=O) groups excluding carboxylic acids is 1. The molecule has 1 heterocycles. The third-order valence-corrected chi connectivity index (χ3v) is 4.20. The minimum atomic E-state index is -1.09. The Morgan fingerprint density at radius 1 is 1.05 bits per heavy atom. The van der Waals surface area contributed by atoms with E-state index in [-0.39, 0.29) is 6.03 Å². The van der Waals surface area contributed by atoms with Gasteiger partial charge >= 0.3 is 12.0 Å². The molecule has 21 heavy (non-hydrogen) atoms. The van der Waals surface area contributed by atoms with E-state index in [4.69, 9.17) is 4.74 Å². The van der Waals surface area contributed by atoms with Crippen LogP contribution in [-0.4, -0.2) is 51.8 Å². The Bertz CT molecular complexity index is 423. The van der Waals surface area contributed by atoms with Crippen LogP contribution in [0, 0.1) is 0 Å². The molecule has 1 saturated carbocycles. The number of carboxylic acid groups (broad SMARTS) is 1. The highest BCUT2D eigenvalue weighted by atomic mass is 16.5. The molecule has 0 radical (unpaired) electrons. The van der Waals surface area contributed by atoms with Crippen molar-refractivity contribution in [2.24, 2.45) is 0 Å². The van der Waals surface area contributed by atoms with Gasteiger partial charge in [-0.25, -0.2) is 9.59 Å². The third kappa shape index (κ3) is 3.48. The van der Waals surface area contributed by atoms with Crippen LogP contribution in [0.3, 0.4) is 0 Å². The molecule has 2 fully saturated rings. The number of carboxylic acids is 1. The minimum Gasteiger partial charge on any atom is -0.480 e. The number of hydrogen-bond donors (Lipinski definition) is 2. The van der Waals surface area contributed by atoms with Gasteiger partial charge in [-0.2, -0.15) is 0 Å². The van der Waals surface area contributed by atoms with Crippen LogP contribution in [0.5, 0.6) is 0 Å². The van der Waals surface area contributed by atoms with Crippen LogP contribution >= 0.6 is 0 Å². The fourth-order valence-corrected chi connectivity index (χ4v) is 3.59. The SMILES string of the molecule is CC1(C)CN(C(=O)NC2(C(=O)O)CCCC2)CC(C)(C)O1. The van der Waals surface area contributed by atoms with Crippen molar-refractivity contribution >= 4 is 12.0 Å². The summed E-state index contributed by atoms with van der Waals surface area (Å²) < 4.78 is 5.95.